The van der Waals surface area contributed by atoms with E-state index in [1.807, 2.05) is 0 Å². The molecule has 0 aliphatic carbocycles. The van der Waals surface area contributed by atoms with Gasteiger partial charge in [-0.05, 0) is 57.3 Å². The number of hydrogen-bond acceptors (Lipinski definition) is 15. The van der Waals surface area contributed by atoms with E-state index in [-0.39, 0.29) is 25.7 Å². The summed E-state index contributed by atoms with van der Waals surface area (Å²) in [4.78, 5) is 72.3. The largest absolute Gasteiger partial charge is 0.472 e. The Hall–Kier alpha value is -2.46. The molecule has 19 heteroatoms. The number of phosphoric ester groups is 2. The Balaban J connectivity index is 5.27. The molecule has 17 nitrogen and oxygen atoms in total. The zero-order valence-electron chi connectivity index (χ0n) is 55.6. The fourth-order valence-corrected chi connectivity index (χ4v) is 11.3. The second kappa shape index (κ2) is 61.1. The molecule has 0 aromatic rings. The van der Waals surface area contributed by atoms with Crippen LogP contribution in [0.3, 0.4) is 0 Å². The molecule has 3 N–H and O–H groups in total. The third-order valence-electron chi connectivity index (χ3n) is 15.5. The minimum Gasteiger partial charge on any atom is -0.462 e. The molecule has 0 aromatic carbocycles. The van der Waals surface area contributed by atoms with Crippen LogP contribution < -0.4 is 0 Å². The summed E-state index contributed by atoms with van der Waals surface area (Å²) in [5.74, 6) is -1.35. The first kappa shape index (κ1) is 84.5. The highest BCUT2D eigenvalue weighted by atomic mass is 31.2. The van der Waals surface area contributed by atoms with Gasteiger partial charge < -0.3 is 33.8 Å². The predicted octanol–water partition coefficient (Wildman–Crippen LogP) is 18.9. The first-order chi connectivity index (χ1) is 42.1. The molecule has 0 spiro atoms. The summed E-state index contributed by atoms with van der Waals surface area (Å²) in [6.45, 7) is 7.15. The topological polar surface area (TPSA) is 237 Å². The lowest BCUT2D eigenvalue weighted by atomic mass is 9.99. The lowest BCUT2D eigenvalue weighted by Gasteiger charge is -2.21. The number of rotatable bonds is 66. The second-order valence-electron chi connectivity index (χ2n) is 24.1. The summed E-state index contributed by atoms with van der Waals surface area (Å²) in [6, 6.07) is 0. The van der Waals surface area contributed by atoms with Crippen LogP contribution in [0.1, 0.15) is 324 Å². The van der Waals surface area contributed by atoms with Crippen molar-refractivity contribution in [2.75, 3.05) is 39.6 Å². The van der Waals surface area contributed by atoms with Crippen LogP contribution >= 0.6 is 15.6 Å². The maximum Gasteiger partial charge on any atom is 0.472 e. The molecule has 0 aromatic heterocycles. The molecule has 0 aliphatic heterocycles. The third-order valence-corrected chi connectivity index (χ3v) is 17.4. The molecule has 0 rings (SSSR count). The van der Waals surface area contributed by atoms with E-state index in [9.17, 15) is 43.2 Å². The molecule has 0 aliphatic rings. The van der Waals surface area contributed by atoms with Gasteiger partial charge in [-0.25, -0.2) is 9.13 Å². The number of esters is 4. The maximum absolute atomic E-state index is 13.0. The molecular formula is C68H128O17P2. The average molecular weight is 1280 g/mol. The van der Waals surface area contributed by atoms with Crippen LogP contribution in [0.5, 0.6) is 0 Å². The normalized spacial score (nSPS) is 14.6. The Morgan fingerprint density at radius 3 is 0.977 bits per heavy atom. The van der Waals surface area contributed by atoms with Gasteiger partial charge in [-0.2, -0.15) is 0 Å². The van der Waals surface area contributed by atoms with Gasteiger partial charge in [-0.15, -0.1) is 0 Å². The van der Waals surface area contributed by atoms with Crippen molar-refractivity contribution in [1.29, 1.82) is 0 Å². The smallest absolute Gasteiger partial charge is 0.462 e. The monoisotopic (exact) mass is 1280 g/mol. The molecule has 0 heterocycles. The van der Waals surface area contributed by atoms with Crippen LogP contribution in [-0.2, 0) is 65.4 Å². The van der Waals surface area contributed by atoms with Crippen molar-refractivity contribution < 1.29 is 80.2 Å². The van der Waals surface area contributed by atoms with Gasteiger partial charge in [-0.1, -0.05) is 271 Å². The Bertz CT molecular complexity index is 1780. The van der Waals surface area contributed by atoms with Gasteiger partial charge in [0, 0.05) is 25.7 Å². The quantitative estimate of drug-likeness (QED) is 0.0169. The van der Waals surface area contributed by atoms with Gasteiger partial charge >= 0.3 is 39.5 Å². The maximum atomic E-state index is 13.0. The zero-order chi connectivity index (χ0) is 64.2. The highest BCUT2D eigenvalue weighted by molar-refractivity contribution is 7.47. The summed E-state index contributed by atoms with van der Waals surface area (Å²) >= 11 is 0. The number of unbranched alkanes of at least 4 members (excludes halogenated alkanes) is 34. The second-order valence-corrected chi connectivity index (χ2v) is 27.0. The van der Waals surface area contributed by atoms with Crippen LogP contribution in [0, 0.1) is 5.92 Å². The number of ether oxygens (including phenoxy) is 4. The highest BCUT2D eigenvalue weighted by Crippen LogP contribution is 2.45. The van der Waals surface area contributed by atoms with E-state index in [1.54, 1.807) is 0 Å². The SMILES string of the molecule is CCCCCC/C=C\C=C/CCCCCCCC(=O)O[C@H](COC(=O)CCCCCCCCCCCCC(C)CC)COP(=O)(O)OC[C@@H](O)COP(=O)(O)OC[C@@H](COC(=O)CCCCCCCCCCC)OC(=O)CCCCCCCCCCC. The Morgan fingerprint density at radius 1 is 0.368 bits per heavy atom. The van der Waals surface area contributed by atoms with E-state index in [0.29, 0.717) is 25.7 Å². The van der Waals surface area contributed by atoms with Gasteiger partial charge in [0.15, 0.2) is 12.2 Å². The van der Waals surface area contributed by atoms with Crippen molar-refractivity contribution in [1.82, 2.24) is 0 Å². The molecule has 6 atom stereocenters. The van der Waals surface area contributed by atoms with Crippen molar-refractivity contribution in [3.63, 3.8) is 0 Å². The number of phosphoric acid groups is 2. The number of carbonyl (C=O) groups excluding carboxylic acids is 4. The molecule has 0 bridgehead atoms. The van der Waals surface area contributed by atoms with E-state index in [0.717, 1.165) is 109 Å². The molecule has 3 unspecified atom stereocenters. The van der Waals surface area contributed by atoms with Crippen molar-refractivity contribution in [2.24, 2.45) is 5.92 Å². The number of allylic oxidation sites excluding steroid dienone is 4. The molecule has 87 heavy (non-hydrogen) atoms. The Morgan fingerprint density at radius 2 is 0.644 bits per heavy atom. The van der Waals surface area contributed by atoms with Crippen LogP contribution in [0.25, 0.3) is 0 Å². The van der Waals surface area contributed by atoms with Crippen LogP contribution in [0.2, 0.25) is 0 Å². The van der Waals surface area contributed by atoms with Gasteiger partial charge in [0.2, 0.25) is 0 Å². The van der Waals surface area contributed by atoms with E-state index < -0.39 is 97.5 Å². The lowest BCUT2D eigenvalue weighted by Crippen LogP contribution is -2.30. The van der Waals surface area contributed by atoms with Crippen molar-refractivity contribution in [3.8, 4) is 0 Å². The molecule has 0 saturated carbocycles. The minimum absolute atomic E-state index is 0.0850. The summed E-state index contributed by atoms with van der Waals surface area (Å²) in [7, 11) is -9.90. The molecule has 0 fully saturated rings. The third kappa shape index (κ3) is 60.9. The predicted molar refractivity (Wildman–Crippen MR) is 349 cm³/mol. The van der Waals surface area contributed by atoms with Gasteiger partial charge in [0.1, 0.15) is 19.3 Å². The number of aliphatic hydroxyl groups excluding tert-OH is 1. The standard InChI is InChI=1S/C68H128O17P2/c1-6-10-13-16-19-22-23-24-25-26-27-34-39-44-49-54-68(73)85-64(58-79-66(71)52-47-42-37-33-29-28-32-35-40-45-50-61(5)9-4)60-83-87(76,77)81-56-62(69)55-80-86(74,75)82-59-63(84-67(72)53-48-43-38-31-21-18-15-12-8-3)57-78-65(70)51-46-41-36-30-20-17-14-11-7-2/h22-25,61-64,69H,6-21,26-60H2,1-5H3,(H,74,75)(H,76,77)/b23-22-,25-24-/t61?,62-,63+,64+/m0/s1. The number of hydrogen-bond donors (Lipinski definition) is 3. The lowest BCUT2D eigenvalue weighted by molar-refractivity contribution is -0.161. The Labute approximate surface area is 529 Å². The van der Waals surface area contributed by atoms with Gasteiger partial charge in [0.05, 0.1) is 26.4 Å². The van der Waals surface area contributed by atoms with Gasteiger partial charge in [-0.3, -0.25) is 37.3 Å². The first-order valence-electron chi connectivity index (χ1n) is 35.0. The molecule has 0 saturated heterocycles. The summed E-state index contributed by atoms with van der Waals surface area (Å²) < 4.78 is 68.1. The molecule has 512 valence electrons. The van der Waals surface area contributed by atoms with Gasteiger partial charge in [0.25, 0.3) is 0 Å². The van der Waals surface area contributed by atoms with E-state index in [1.165, 1.54) is 135 Å². The molecule has 0 amide bonds. The van der Waals surface area contributed by atoms with Crippen LogP contribution in [-0.4, -0.2) is 96.7 Å². The van der Waals surface area contributed by atoms with E-state index in [4.69, 9.17) is 37.0 Å². The fourth-order valence-electron chi connectivity index (χ4n) is 9.72. The van der Waals surface area contributed by atoms with Crippen LogP contribution in [0.4, 0.5) is 0 Å². The van der Waals surface area contributed by atoms with E-state index >= 15 is 0 Å². The highest BCUT2D eigenvalue weighted by Gasteiger charge is 2.30. The molecular weight excluding hydrogens is 1150 g/mol. The summed E-state index contributed by atoms with van der Waals surface area (Å²) in [5, 5.41) is 10.6. The zero-order valence-corrected chi connectivity index (χ0v) is 57.4. The van der Waals surface area contributed by atoms with Crippen molar-refractivity contribution in [3.05, 3.63) is 24.3 Å². The minimum atomic E-state index is -4.96. The number of carbonyl (C=O) groups is 4. The number of aliphatic hydroxyl groups is 1. The summed E-state index contributed by atoms with van der Waals surface area (Å²) in [6.07, 6.45) is 49.3. The average Bonchev–Trinajstić information content (AvgIpc) is 3.69. The molecule has 0 radical (unpaired) electrons. The van der Waals surface area contributed by atoms with Crippen molar-refractivity contribution >= 4 is 39.5 Å². The Kier molecular flexibility index (Phi) is 59.3. The van der Waals surface area contributed by atoms with E-state index in [2.05, 4.69) is 58.9 Å². The fraction of sp³-hybridized carbons (Fsp3) is 0.882. The summed E-state index contributed by atoms with van der Waals surface area (Å²) in [5.41, 5.74) is 0. The van der Waals surface area contributed by atoms with Crippen molar-refractivity contribution in [2.45, 2.75) is 342 Å². The van der Waals surface area contributed by atoms with Crippen LogP contribution in [0.15, 0.2) is 24.3 Å². The first-order valence-corrected chi connectivity index (χ1v) is 38.0.